The minimum Gasteiger partial charge on any atom is -0.317 e. The number of hydrogen-bond acceptors (Lipinski definition) is 3. The van der Waals surface area contributed by atoms with Gasteiger partial charge in [0.15, 0.2) is 5.78 Å². The molecule has 1 saturated heterocycles. The van der Waals surface area contributed by atoms with Gasteiger partial charge < -0.3 is 5.32 Å². The molecule has 1 aliphatic heterocycles. The first-order chi connectivity index (χ1) is 9.72. The number of hydrogen-bond donors (Lipinski definition) is 1. The monoisotopic (exact) mass is 271 g/mol. The summed E-state index contributed by atoms with van der Waals surface area (Å²) in [6, 6.07) is 5.78. The van der Waals surface area contributed by atoms with Crippen molar-refractivity contribution in [2.75, 3.05) is 13.1 Å². The highest BCUT2D eigenvalue weighted by Crippen LogP contribution is 2.23. The number of piperidine rings is 1. The molecule has 1 aromatic carbocycles. The fraction of sp³-hybridized carbons (Fsp3) is 0.529. The van der Waals surface area contributed by atoms with Gasteiger partial charge in [0.2, 0.25) is 0 Å². The molecule has 20 heavy (non-hydrogen) atoms. The average Bonchev–Trinajstić information content (AvgIpc) is 2.85. The lowest BCUT2D eigenvalue weighted by Gasteiger charge is -2.22. The summed E-state index contributed by atoms with van der Waals surface area (Å²) in [5, 5.41) is 3.35. The largest absolute Gasteiger partial charge is 0.317 e. The Balaban J connectivity index is 1.60. The summed E-state index contributed by atoms with van der Waals surface area (Å²) in [6.45, 7) is 2.17. The van der Waals surface area contributed by atoms with E-state index in [-0.39, 0.29) is 11.6 Å². The van der Waals surface area contributed by atoms with Crippen molar-refractivity contribution in [3.63, 3.8) is 0 Å². The predicted molar refractivity (Wildman–Crippen MR) is 78.0 cm³/mol. The van der Waals surface area contributed by atoms with E-state index in [1.165, 1.54) is 12.8 Å². The van der Waals surface area contributed by atoms with Crippen molar-refractivity contribution in [1.29, 1.82) is 0 Å². The second-order valence-electron chi connectivity index (χ2n) is 6.03. The molecule has 0 unspecified atom stereocenters. The highest BCUT2D eigenvalue weighted by atomic mass is 16.1. The summed E-state index contributed by atoms with van der Waals surface area (Å²) in [4.78, 5) is 23.7. The molecule has 1 heterocycles. The summed E-state index contributed by atoms with van der Waals surface area (Å²) in [5.74, 6) is 1.18. The van der Waals surface area contributed by atoms with Crippen molar-refractivity contribution in [2.45, 2.75) is 38.5 Å². The van der Waals surface area contributed by atoms with Gasteiger partial charge in [0.05, 0.1) is 0 Å². The van der Waals surface area contributed by atoms with Crippen LogP contribution in [-0.2, 0) is 17.6 Å². The standard InChI is InChI=1S/C17H21NO2/c19-16-10-13-2-3-14(9-15(13)11-16)17(20)4-1-12-5-7-18-8-6-12/h2-3,9,12,18H,1,4-8,10-11H2. The summed E-state index contributed by atoms with van der Waals surface area (Å²) >= 11 is 0. The SMILES string of the molecule is O=C1Cc2ccc(C(=O)CCC3CCNCC3)cc2C1. The molecule has 0 bridgehead atoms. The van der Waals surface area contributed by atoms with Crippen molar-refractivity contribution in [3.05, 3.63) is 34.9 Å². The Morgan fingerprint density at radius 3 is 2.70 bits per heavy atom. The van der Waals surface area contributed by atoms with Crippen molar-refractivity contribution in [2.24, 2.45) is 5.92 Å². The molecule has 1 fully saturated rings. The lowest BCUT2D eigenvalue weighted by Crippen LogP contribution is -2.28. The van der Waals surface area contributed by atoms with E-state index >= 15 is 0 Å². The normalized spacial score (nSPS) is 19.1. The van der Waals surface area contributed by atoms with E-state index in [1.54, 1.807) is 0 Å². The van der Waals surface area contributed by atoms with Gasteiger partial charge in [0.1, 0.15) is 5.78 Å². The smallest absolute Gasteiger partial charge is 0.162 e. The fourth-order valence-electron chi connectivity index (χ4n) is 3.27. The zero-order valence-electron chi connectivity index (χ0n) is 11.8. The number of benzene rings is 1. The summed E-state index contributed by atoms with van der Waals surface area (Å²) in [5.41, 5.74) is 2.94. The van der Waals surface area contributed by atoms with Gasteiger partial charge in [-0.05, 0) is 55.5 Å². The Labute approximate surface area is 119 Å². The van der Waals surface area contributed by atoms with Crippen LogP contribution in [0.4, 0.5) is 0 Å². The molecule has 3 rings (SSSR count). The molecular formula is C17H21NO2. The Morgan fingerprint density at radius 1 is 1.15 bits per heavy atom. The molecule has 0 radical (unpaired) electrons. The maximum atomic E-state index is 12.3. The minimum atomic E-state index is 0.227. The van der Waals surface area contributed by atoms with Gasteiger partial charge in [0, 0.05) is 24.8 Å². The molecule has 1 aromatic rings. The number of rotatable bonds is 4. The van der Waals surface area contributed by atoms with Crippen molar-refractivity contribution < 1.29 is 9.59 Å². The van der Waals surface area contributed by atoms with Crippen LogP contribution in [0.1, 0.15) is 47.2 Å². The maximum Gasteiger partial charge on any atom is 0.162 e. The minimum absolute atomic E-state index is 0.227. The van der Waals surface area contributed by atoms with Crippen LogP contribution < -0.4 is 5.32 Å². The van der Waals surface area contributed by atoms with Crippen molar-refractivity contribution >= 4 is 11.6 Å². The maximum absolute atomic E-state index is 12.3. The van der Waals surface area contributed by atoms with Crippen LogP contribution in [0.5, 0.6) is 0 Å². The van der Waals surface area contributed by atoms with E-state index in [0.717, 1.165) is 36.2 Å². The van der Waals surface area contributed by atoms with E-state index in [0.29, 0.717) is 25.2 Å². The van der Waals surface area contributed by atoms with E-state index in [4.69, 9.17) is 0 Å². The first kappa shape index (κ1) is 13.5. The van der Waals surface area contributed by atoms with Crippen molar-refractivity contribution in [1.82, 2.24) is 5.32 Å². The Kier molecular flexibility index (Phi) is 3.97. The number of Topliss-reactive ketones (excluding diaryl/α,β-unsaturated/α-hetero) is 2. The predicted octanol–water partition coefficient (Wildman–Crippen LogP) is 2.32. The third-order valence-electron chi connectivity index (χ3n) is 4.54. The summed E-state index contributed by atoms with van der Waals surface area (Å²) < 4.78 is 0. The Bertz CT molecular complexity index is 530. The van der Waals surface area contributed by atoms with Gasteiger partial charge in [-0.1, -0.05) is 12.1 Å². The van der Waals surface area contributed by atoms with Crippen LogP contribution in [0.25, 0.3) is 0 Å². The number of fused-ring (bicyclic) bond motifs is 1. The average molecular weight is 271 g/mol. The fourth-order valence-corrected chi connectivity index (χ4v) is 3.27. The third kappa shape index (κ3) is 2.98. The number of carbonyl (C=O) groups is 2. The molecule has 1 N–H and O–H groups in total. The van der Waals surface area contributed by atoms with E-state index in [9.17, 15) is 9.59 Å². The van der Waals surface area contributed by atoms with Gasteiger partial charge in [-0.2, -0.15) is 0 Å². The van der Waals surface area contributed by atoms with Gasteiger partial charge in [-0.15, -0.1) is 0 Å². The molecule has 3 nitrogen and oxygen atoms in total. The molecular weight excluding hydrogens is 250 g/mol. The van der Waals surface area contributed by atoms with Gasteiger partial charge >= 0.3 is 0 Å². The van der Waals surface area contributed by atoms with Crippen LogP contribution in [-0.4, -0.2) is 24.7 Å². The Hall–Kier alpha value is -1.48. The molecule has 0 spiro atoms. The highest BCUT2D eigenvalue weighted by molar-refractivity contribution is 5.97. The second kappa shape index (κ2) is 5.88. The first-order valence-electron chi connectivity index (χ1n) is 7.60. The van der Waals surface area contributed by atoms with E-state index in [2.05, 4.69) is 5.32 Å². The highest BCUT2D eigenvalue weighted by Gasteiger charge is 2.20. The van der Waals surface area contributed by atoms with Crippen LogP contribution in [0.3, 0.4) is 0 Å². The molecule has 106 valence electrons. The van der Waals surface area contributed by atoms with Crippen LogP contribution in [0, 0.1) is 5.92 Å². The lowest BCUT2D eigenvalue weighted by atomic mass is 9.91. The van der Waals surface area contributed by atoms with Crippen LogP contribution in [0.15, 0.2) is 18.2 Å². The number of nitrogens with one attached hydrogen (secondary N) is 1. The quantitative estimate of drug-likeness (QED) is 0.855. The first-order valence-corrected chi connectivity index (χ1v) is 7.60. The second-order valence-corrected chi connectivity index (χ2v) is 6.03. The van der Waals surface area contributed by atoms with E-state index < -0.39 is 0 Å². The summed E-state index contributed by atoms with van der Waals surface area (Å²) in [6.07, 6.45) is 5.05. The zero-order valence-corrected chi connectivity index (χ0v) is 11.8. The van der Waals surface area contributed by atoms with Crippen LogP contribution >= 0.6 is 0 Å². The molecule has 0 amide bonds. The summed E-state index contributed by atoms with van der Waals surface area (Å²) in [7, 11) is 0. The Morgan fingerprint density at radius 2 is 1.90 bits per heavy atom. The van der Waals surface area contributed by atoms with Gasteiger partial charge in [-0.25, -0.2) is 0 Å². The topological polar surface area (TPSA) is 46.2 Å². The molecule has 1 aliphatic carbocycles. The lowest BCUT2D eigenvalue weighted by molar-refractivity contribution is -0.117. The van der Waals surface area contributed by atoms with Gasteiger partial charge in [-0.3, -0.25) is 9.59 Å². The molecule has 0 saturated carbocycles. The molecule has 0 atom stereocenters. The van der Waals surface area contributed by atoms with E-state index in [1.807, 2.05) is 18.2 Å². The molecule has 2 aliphatic rings. The third-order valence-corrected chi connectivity index (χ3v) is 4.54. The number of carbonyl (C=O) groups excluding carboxylic acids is 2. The number of ketones is 2. The van der Waals surface area contributed by atoms with Crippen molar-refractivity contribution in [3.8, 4) is 0 Å². The molecule has 0 aromatic heterocycles. The zero-order chi connectivity index (χ0) is 13.9. The van der Waals surface area contributed by atoms with Gasteiger partial charge in [0.25, 0.3) is 0 Å². The van der Waals surface area contributed by atoms with Crippen LogP contribution in [0.2, 0.25) is 0 Å². The molecule has 3 heteroatoms.